The number of nitrogens with two attached hydrogens (primary N) is 3. The van der Waals surface area contributed by atoms with Gasteiger partial charge in [0.1, 0.15) is 29.9 Å². The number of amides is 5. The molecule has 2 rings (SSSR count). The maximum absolute atomic E-state index is 13.6. The number of likely N-dealkylation sites (tertiary alicyclic amines) is 1. The number of Topliss-reactive ketones (excluding diaryl/α,β-unsaturated/α-hetero) is 1. The number of rotatable bonds is 18. The highest BCUT2D eigenvalue weighted by Gasteiger charge is 2.47. The van der Waals surface area contributed by atoms with Crippen molar-refractivity contribution >= 4 is 47.2 Å². The SMILES string of the molecule is CNC(=O)[C@H](Cc1ccc(O)cc1)NC(=O)[C@@H](NC(=O)[C@H](CC(=O)O)NC(=O)[C@@H]1CCCN1C(=O)[C@@](N)(CCCN=C(N)N)C(C)=O)C(C)C. The highest BCUT2D eigenvalue weighted by molar-refractivity contribution is 6.10. The minimum Gasteiger partial charge on any atom is -0.508 e. The lowest BCUT2D eigenvalue weighted by molar-refractivity contribution is -0.148. The van der Waals surface area contributed by atoms with E-state index in [0.29, 0.717) is 12.0 Å². The molecule has 5 atom stereocenters. The van der Waals surface area contributed by atoms with E-state index in [9.17, 15) is 43.8 Å². The monoisotopic (exact) mass is 703 g/mol. The van der Waals surface area contributed by atoms with Crippen LogP contribution < -0.4 is 38.5 Å². The number of hydrogen-bond donors (Lipinski definition) is 9. The largest absolute Gasteiger partial charge is 0.508 e. The Labute approximate surface area is 290 Å². The molecule has 50 heavy (non-hydrogen) atoms. The third-order valence-corrected chi connectivity index (χ3v) is 8.36. The van der Waals surface area contributed by atoms with Crippen LogP contribution >= 0.6 is 0 Å². The minimum atomic E-state index is -1.98. The van der Waals surface area contributed by atoms with Crippen molar-refractivity contribution in [3.63, 3.8) is 0 Å². The van der Waals surface area contributed by atoms with Gasteiger partial charge in [-0.2, -0.15) is 0 Å². The maximum Gasteiger partial charge on any atom is 0.305 e. The number of carboxylic acid groups (broad SMARTS) is 1. The molecule has 12 N–H and O–H groups in total. The van der Waals surface area contributed by atoms with Gasteiger partial charge in [-0.1, -0.05) is 26.0 Å². The zero-order chi connectivity index (χ0) is 37.8. The van der Waals surface area contributed by atoms with Crippen molar-refractivity contribution in [2.45, 2.75) is 89.0 Å². The molecule has 18 nitrogen and oxygen atoms in total. The average molecular weight is 704 g/mol. The van der Waals surface area contributed by atoms with Gasteiger partial charge in [-0.25, -0.2) is 0 Å². The number of ketones is 1. The number of aromatic hydroxyl groups is 1. The first-order chi connectivity index (χ1) is 23.4. The summed E-state index contributed by atoms with van der Waals surface area (Å²) in [5, 5.41) is 29.1. The van der Waals surface area contributed by atoms with Crippen molar-refractivity contribution in [1.29, 1.82) is 0 Å². The van der Waals surface area contributed by atoms with Crippen molar-refractivity contribution in [2.24, 2.45) is 28.1 Å². The standard InChI is InChI=1S/C32H49N9O9/c1-17(2)25(29(49)39-21(26(46)36-4)15-19-8-10-20(43)11-9-19)40-27(47)22(16-24(44)45)38-28(48)23-7-5-14-41(23)30(50)32(35,18(3)42)12-6-13-37-31(33)34/h8-11,17,21-23,25,43H,5-7,12-16,35H2,1-4H3,(H,36,46)(H,38,48)(H,39,49)(H,40,47)(H,44,45)(H4,33,34,37)/t21-,22-,23-,25-,32+/m0/s1. The summed E-state index contributed by atoms with van der Waals surface area (Å²) in [5.74, 6) is -6.66. The molecule has 0 aromatic heterocycles. The third kappa shape index (κ3) is 11.4. The van der Waals surface area contributed by atoms with Gasteiger partial charge in [-0.05, 0) is 56.2 Å². The quantitative estimate of drug-likeness (QED) is 0.0335. The van der Waals surface area contributed by atoms with Gasteiger partial charge in [-0.15, -0.1) is 0 Å². The molecule has 0 unspecified atom stereocenters. The molecule has 0 radical (unpaired) electrons. The Bertz CT molecular complexity index is 1450. The third-order valence-electron chi connectivity index (χ3n) is 8.36. The first-order valence-corrected chi connectivity index (χ1v) is 16.2. The van der Waals surface area contributed by atoms with E-state index < -0.39 is 83.3 Å². The van der Waals surface area contributed by atoms with Crippen molar-refractivity contribution < 1.29 is 43.8 Å². The lowest BCUT2D eigenvalue weighted by atomic mass is 9.88. The number of likely N-dealkylation sites (N-methyl/N-ethyl adjacent to an activating group) is 1. The molecule has 1 saturated heterocycles. The number of carboxylic acids is 1. The second-order valence-electron chi connectivity index (χ2n) is 12.5. The fourth-order valence-electron chi connectivity index (χ4n) is 5.49. The molecule has 18 heteroatoms. The van der Waals surface area contributed by atoms with Crippen molar-refractivity contribution in [2.75, 3.05) is 20.1 Å². The minimum absolute atomic E-state index is 0.0200. The molecule has 1 aromatic rings. The molecule has 1 aliphatic rings. The summed E-state index contributed by atoms with van der Waals surface area (Å²) in [4.78, 5) is 95.9. The zero-order valence-electron chi connectivity index (χ0n) is 28.7. The number of phenolic OH excluding ortho intramolecular Hbond substituents is 1. The molecule has 0 aliphatic carbocycles. The molecule has 1 heterocycles. The molecule has 0 spiro atoms. The van der Waals surface area contributed by atoms with Crippen LogP contribution in [-0.4, -0.2) is 112 Å². The van der Waals surface area contributed by atoms with Crippen LogP contribution in [0.25, 0.3) is 0 Å². The molecule has 1 aromatic carbocycles. The Morgan fingerprint density at radius 2 is 1.62 bits per heavy atom. The molecule has 1 fully saturated rings. The van der Waals surface area contributed by atoms with E-state index in [1.165, 1.54) is 19.2 Å². The van der Waals surface area contributed by atoms with Gasteiger partial charge in [0.05, 0.1) is 6.42 Å². The van der Waals surface area contributed by atoms with E-state index in [0.717, 1.165) is 11.8 Å². The fraction of sp³-hybridized carbons (Fsp3) is 0.562. The van der Waals surface area contributed by atoms with Gasteiger partial charge >= 0.3 is 5.97 Å². The van der Waals surface area contributed by atoms with Crippen LogP contribution in [0.3, 0.4) is 0 Å². The summed E-state index contributed by atoms with van der Waals surface area (Å²) < 4.78 is 0. The Kier molecular flexibility index (Phi) is 15.1. The van der Waals surface area contributed by atoms with Gasteiger partial charge in [0.2, 0.25) is 23.6 Å². The Balaban J connectivity index is 2.22. The first kappa shape index (κ1) is 40.9. The Morgan fingerprint density at radius 3 is 2.16 bits per heavy atom. The number of carbonyl (C=O) groups excluding carboxylic acids is 6. The number of nitrogens with zero attached hydrogens (tertiary/aromatic N) is 2. The number of benzene rings is 1. The van der Waals surface area contributed by atoms with Crippen molar-refractivity contribution in [3.8, 4) is 5.75 Å². The summed E-state index contributed by atoms with van der Waals surface area (Å²) >= 11 is 0. The zero-order valence-corrected chi connectivity index (χ0v) is 28.7. The average Bonchev–Trinajstić information content (AvgIpc) is 3.54. The molecule has 0 bridgehead atoms. The van der Waals surface area contributed by atoms with E-state index in [4.69, 9.17) is 17.2 Å². The number of aliphatic imine (C=N–C) groups is 1. The van der Waals surface area contributed by atoms with Gasteiger partial charge < -0.3 is 53.6 Å². The molecular weight excluding hydrogens is 654 g/mol. The second kappa shape index (κ2) is 18.5. The smallest absolute Gasteiger partial charge is 0.305 e. The van der Waals surface area contributed by atoms with E-state index in [-0.39, 0.29) is 50.5 Å². The maximum atomic E-state index is 13.6. The number of phenols is 1. The number of guanidine groups is 1. The summed E-state index contributed by atoms with van der Waals surface area (Å²) in [7, 11) is 1.39. The van der Waals surface area contributed by atoms with Crippen LogP contribution in [0.4, 0.5) is 0 Å². The molecule has 5 amide bonds. The summed E-state index contributed by atoms with van der Waals surface area (Å²) in [6, 6.07) is 0.892. The van der Waals surface area contributed by atoms with Gasteiger partial charge in [0.15, 0.2) is 17.3 Å². The van der Waals surface area contributed by atoms with E-state index in [1.54, 1.807) is 26.0 Å². The van der Waals surface area contributed by atoms with Crippen LogP contribution in [0.1, 0.15) is 58.4 Å². The van der Waals surface area contributed by atoms with Crippen LogP contribution in [-0.2, 0) is 40.0 Å². The van der Waals surface area contributed by atoms with Crippen LogP contribution in [0, 0.1) is 5.92 Å². The number of carbonyl (C=O) groups is 7. The van der Waals surface area contributed by atoms with Gasteiger partial charge in [0, 0.05) is 26.6 Å². The molecular formula is C32H49N9O9. The van der Waals surface area contributed by atoms with E-state index >= 15 is 0 Å². The highest BCUT2D eigenvalue weighted by atomic mass is 16.4. The Morgan fingerprint density at radius 1 is 0.980 bits per heavy atom. The summed E-state index contributed by atoms with van der Waals surface area (Å²) in [6.07, 6.45) is -0.195. The summed E-state index contributed by atoms with van der Waals surface area (Å²) in [6.45, 7) is 4.59. The first-order valence-electron chi connectivity index (χ1n) is 16.2. The fourth-order valence-corrected chi connectivity index (χ4v) is 5.49. The molecule has 1 aliphatic heterocycles. The van der Waals surface area contributed by atoms with E-state index in [1.807, 2.05) is 0 Å². The van der Waals surface area contributed by atoms with Gasteiger partial charge in [0.25, 0.3) is 5.91 Å². The second-order valence-corrected chi connectivity index (χ2v) is 12.5. The number of nitrogens with one attached hydrogen (secondary N) is 4. The number of hydrogen-bond acceptors (Lipinski definition) is 10. The van der Waals surface area contributed by atoms with Crippen LogP contribution in [0.15, 0.2) is 29.3 Å². The summed E-state index contributed by atoms with van der Waals surface area (Å²) in [5.41, 5.74) is 15.6. The van der Waals surface area contributed by atoms with Gasteiger partial charge in [-0.3, -0.25) is 38.6 Å². The lowest BCUT2D eigenvalue weighted by Gasteiger charge is -2.34. The van der Waals surface area contributed by atoms with Crippen molar-refractivity contribution in [1.82, 2.24) is 26.2 Å². The Hall–Kier alpha value is -5.26. The number of aliphatic carboxylic acids is 1. The topological polar surface area (TPSA) is 302 Å². The lowest BCUT2D eigenvalue weighted by Crippen LogP contribution is -2.63. The predicted molar refractivity (Wildman–Crippen MR) is 181 cm³/mol. The highest BCUT2D eigenvalue weighted by Crippen LogP contribution is 2.24. The predicted octanol–water partition coefficient (Wildman–Crippen LogP) is -2.40. The molecule has 0 saturated carbocycles. The van der Waals surface area contributed by atoms with Crippen LogP contribution in [0.5, 0.6) is 5.75 Å². The normalized spacial score (nSPS) is 17.0. The van der Waals surface area contributed by atoms with Crippen molar-refractivity contribution in [3.05, 3.63) is 29.8 Å². The van der Waals surface area contributed by atoms with E-state index in [2.05, 4.69) is 26.3 Å². The van der Waals surface area contributed by atoms with Crippen LogP contribution in [0.2, 0.25) is 0 Å². The molecule has 276 valence electrons.